The van der Waals surface area contributed by atoms with Crippen molar-refractivity contribution in [2.75, 3.05) is 19.0 Å². The quantitative estimate of drug-likeness (QED) is 0.814. The van der Waals surface area contributed by atoms with Gasteiger partial charge in [-0.25, -0.2) is 0 Å². The topological polar surface area (TPSA) is 67.4 Å². The first-order chi connectivity index (χ1) is 12.0. The molecule has 0 saturated carbocycles. The van der Waals surface area contributed by atoms with E-state index in [1.54, 1.807) is 7.11 Å². The molecule has 5 nitrogen and oxygen atoms in total. The highest BCUT2D eigenvalue weighted by molar-refractivity contribution is 5.90. The van der Waals surface area contributed by atoms with Gasteiger partial charge in [-0.05, 0) is 36.6 Å². The van der Waals surface area contributed by atoms with Crippen LogP contribution in [0.1, 0.15) is 23.6 Å². The summed E-state index contributed by atoms with van der Waals surface area (Å²) in [5.41, 5.74) is 3.81. The normalized spacial score (nSPS) is 10.2. The number of hydrogen-bond donors (Lipinski definition) is 2. The van der Waals surface area contributed by atoms with Crippen LogP contribution < -0.4 is 15.4 Å². The van der Waals surface area contributed by atoms with Crippen LogP contribution in [0.2, 0.25) is 0 Å². The SMILES string of the molecule is COc1ccc(CCNC(=O)Cc2cccc(C)c2)cc1NC(C)=O. The molecule has 0 aliphatic rings. The number of aryl methyl sites for hydroxylation is 1. The van der Waals surface area contributed by atoms with E-state index in [0.717, 1.165) is 16.7 Å². The molecule has 0 heterocycles. The third-order valence-electron chi connectivity index (χ3n) is 3.76. The minimum absolute atomic E-state index is 0.00111. The van der Waals surface area contributed by atoms with E-state index < -0.39 is 0 Å². The first-order valence-electron chi connectivity index (χ1n) is 8.24. The van der Waals surface area contributed by atoms with Crippen LogP contribution in [-0.4, -0.2) is 25.5 Å². The lowest BCUT2D eigenvalue weighted by Crippen LogP contribution is -2.27. The fourth-order valence-corrected chi connectivity index (χ4v) is 2.61. The van der Waals surface area contributed by atoms with Gasteiger partial charge in [-0.3, -0.25) is 9.59 Å². The largest absolute Gasteiger partial charge is 0.495 e. The maximum absolute atomic E-state index is 12.0. The zero-order valence-electron chi connectivity index (χ0n) is 14.9. The second kappa shape index (κ2) is 8.87. The molecule has 0 atom stereocenters. The first-order valence-corrected chi connectivity index (χ1v) is 8.24. The molecule has 2 N–H and O–H groups in total. The molecule has 25 heavy (non-hydrogen) atoms. The zero-order chi connectivity index (χ0) is 18.2. The van der Waals surface area contributed by atoms with Crippen LogP contribution in [0, 0.1) is 6.92 Å². The van der Waals surface area contributed by atoms with Crippen molar-refractivity contribution in [1.29, 1.82) is 0 Å². The molecule has 2 rings (SSSR count). The van der Waals surface area contributed by atoms with E-state index in [1.807, 2.05) is 49.4 Å². The van der Waals surface area contributed by atoms with Crippen LogP contribution in [0.15, 0.2) is 42.5 Å². The van der Waals surface area contributed by atoms with Crippen molar-refractivity contribution in [1.82, 2.24) is 5.32 Å². The van der Waals surface area contributed by atoms with E-state index >= 15 is 0 Å². The maximum atomic E-state index is 12.0. The predicted octanol–water partition coefficient (Wildman–Crippen LogP) is 2.86. The van der Waals surface area contributed by atoms with E-state index in [2.05, 4.69) is 10.6 Å². The minimum atomic E-state index is -0.151. The Bertz CT molecular complexity index is 756. The summed E-state index contributed by atoms with van der Waals surface area (Å²) in [6.07, 6.45) is 1.05. The highest BCUT2D eigenvalue weighted by Gasteiger charge is 2.07. The highest BCUT2D eigenvalue weighted by atomic mass is 16.5. The number of rotatable bonds is 7. The van der Waals surface area contributed by atoms with Crippen molar-refractivity contribution >= 4 is 17.5 Å². The monoisotopic (exact) mass is 340 g/mol. The number of carbonyl (C=O) groups excluding carboxylic acids is 2. The van der Waals surface area contributed by atoms with E-state index in [9.17, 15) is 9.59 Å². The lowest BCUT2D eigenvalue weighted by molar-refractivity contribution is -0.120. The molecule has 0 unspecified atom stereocenters. The van der Waals surface area contributed by atoms with Gasteiger partial charge in [-0.1, -0.05) is 35.9 Å². The Kier molecular flexibility index (Phi) is 6.57. The number of hydrogen-bond acceptors (Lipinski definition) is 3. The summed E-state index contributed by atoms with van der Waals surface area (Å²) in [5, 5.41) is 5.68. The smallest absolute Gasteiger partial charge is 0.224 e. The number of anilines is 1. The molecule has 0 fully saturated rings. The van der Waals surface area contributed by atoms with E-state index in [1.165, 1.54) is 6.92 Å². The van der Waals surface area contributed by atoms with Gasteiger partial charge in [0.2, 0.25) is 11.8 Å². The lowest BCUT2D eigenvalue weighted by atomic mass is 10.1. The number of nitrogens with one attached hydrogen (secondary N) is 2. The molecule has 0 aromatic heterocycles. The Morgan fingerprint density at radius 1 is 1.08 bits per heavy atom. The molecule has 0 bridgehead atoms. The third kappa shape index (κ3) is 5.95. The van der Waals surface area contributed by atoms with Gasteiger partial charge in [-0.15, -0.1) is 0 Å². The van der Waals surface area contributed by atoms with Gasteiger partial charge in [0.15, 0.2) is 0 Å². The van der Waals surface area contributed by atoms with Gasteiger partial charge < -0.3 is 15.4 Å². The maximum Gasteiger partial charge on any atom is 0.224 e. The molecule has 2 aromatic carbocycles. The molecular weight excluding hydrogens is 316 g/mol. The van der Waals surface area contributed by atoms with Gasteiger partial charge >= 0.3 is 0 Å². The van der Waals surface area contributed by atoms with E-state index in [-0.39, 0.29) is 11.8 Å². The lowest BCUT2D eigenvalue weighted by Gasteiger charge is -2.11. The number of ether oxygens (including phenoxy) is 1. The molecule has 2 amide bonds. The Morgan fingerprint density at radius 3 is 2.56 bits per heavy atom. The number of amides is 2. The fraction of sp³-hybridized carbons (Fsp3) is 0.300. The molecule has 5 heteroatoms. The van der Waals surface area contributed by atoms with Crippen LogP contribution in [0.3, 0.4) is 0 Å². The first kappa shape index (κ1) is 18.5. The van der Waals surface area contributed by atoms with Crippen LogP contribution in [-0.2, 0) is 22.4 Å². The predicted molar refractivity (Wildman–Crippen MR) is 98.9 cm³/mol. The van der Waals surface area contributed by atoms with Crippen molar-refractivity contribution in [2.45, 2.75) is 26.7 Å². The van der Waals surface area contributed by atoms with Gasteiger partial charge in [0.25, 0.3) is 0 Å². The third-order valence-corrected chi connectivity index (χ3v) is 3.76. The highest BCUT2D eigenvalue weighted by Crippen LogP contribution is 2.25. The molecular formula is C20H24N2O3. The summed E-state index contributed by atoms with van der Waals surface area (Å²) in [6, 6.07) is 13.5. The molecule has 0 aliphatic carbocycles. The summed E-state index contributed by atoms with van der Waals surface area (Å²) in [5.74, 6) is 0.463. The summed E-state index contributed by atoms with van der Waals surface area (Å²) in [7, 11) is 1.56. The van der Waals surface area contributed by atoms with Crippen LogP contribution in [0.25, 0.3) is 0 Å². The van der Waals surface area contributed by atoms with Crippen molar-refractivity contribution in [2.24, 2.45) is 0 Å². The van der Waals surface area contributed by atoms with Crippen molar-refractivity contribution in [3.63, 3.8) is 0 Å². The summed E-state index contributed by atoms with van der Waals surface area (Å²) in [4.78, 5) is 23.3. The van der Waals surface area contributed by atoms with Gasteiger partial charge in [-0.2, -0.15) is 0 Å². The van der Waals surface area contributed by atoms with Crippen molar-refractivity contribution < 1.29 is 14.3 Å². The Labute approximate surface area is 148 Å². The summed E-state index contributed by atoms with van der Waals surface area (Å²) in [6.45, 7) is 4.01. The standard InChI is InChI=1S/C20H24N2O3/c1-14-5-4-6-17(11-14)13-20(24)21-10-9-16-7-8-19(25-3)18(12-16)22-15(2)23/h4-8,11-12H,9-10,13H2,1-3H3,(H,21,24)(H,22,23). The minimum Gasteiger partial charge on any atom is -0.495 e. The molecule has 0 spiro atoms. The van der Waals surface area contributed by atoms with E-state index in [0.29, 0.717) is 30.8 Å². The number of benzene rings is 2. The fourth-order valence-electron chi connectivity index (χ4n) is 2.61. The summed E-state index contributed by atoms with van der Waals surface area (Å²) < 4.78 is 5.24. The average molecular weight is 340 g/mol. The molecule has 132 valence electrons. The molecule has 0 saturated heterocycles. The Balaban J connectivity index is 1.88. The second-order valence-corrected chi connectivity index (χ2v) is 5.98. The van der Waals surface area contributed by atoms with Crippen LogP contribution >= 0.6 is 0 Å². The van der Waals surface area contributed by atoms with Crippen LogP contribution in [0.5, 0.6) is 5.75 Å². The van der Waals surface area contributed by atoms with Crippen molar-refractivity contribution in [3.8, 4) is 5.75 Å². The van der Waals surface area contributed by atoms with Crippen molar-refractivity contribution in [3.05, 3.63) is 59.2 Å². The molecule has 0 radical (unpaired) electrons. The molecule has 2 aromatic rings. The number of methoxy groups -OCH3 is 1. The second-order valence-electron chi connectivity index (χ2n) is 5.98. The average Bonchev–Trinajstić information content (AvgIpc) is 2.54. The van der Waals surface area contributed by atoms with E-state index in [4.69, 9.17) is 4.74 Å². The zero-order valence-corrected chi connectivity index (χ0v) is 14.9. The molecule has 0 aliphatic heterocycles. The van der Waals surface area contributed by atoms with Gasteiger partial charge in [0, 0.05) is 13.5 Å². The van der Waals surface area contributed by atoms with Gasteiger partial charge in [0.05, 0.1) is 19.2 Å². The number of carbonyl (C=O) groups is 2. The van der Waals surface area contributed by atoms with Crippen LogP contribution in [0.4, 0.5) is 5.69 Å². The Hall–Kier alpha value is -2.82. The summed E-state index contributed by atoms with van der Waals surface area (Å²) >= 11 is 0. The van der Waals surface area contributed by atoms with Gasteiger partial charge in [0.1, 0.15) is 5.75 Å². The Morgan fingerprint density at radius 2 is 1.88 bits per heavy atom.